The highest BCUT2D eigenvalue weighted by molar-refractivity contribution is 6.33. The minimum Gasteiger partial charge on any atom is -0.323 e. The highest BCUT2D eigenvalue weighted by Crippen LogP contribution is 2.22. The lowest BCUT2D eigenvalue weighted by atomic mass is 10.1. The third-order valence-corrected chi connectivity index (χ3v) is 2.44. The fraction of sp³-hybridized carbons (Fsp3) is 0.364. The van der Waals surface area contributed by atoms with E-state index in [1.165, 1.54) is 12.1 Å². The zero-order chi connectivity index (χ0) is 12.1. The number of anilines is 1. The van der Waals surface area contributed by atoms with Crippen LogP contribution in [-0.4, -0.2) is 11.9 Å². The molecule has 3 N–H and O–H groups in total. The van der Waals surface area contributed by atoms with Gasteiger partial charge in [-0.2, -0.15) is 0 Å². The number of carbonyl (C=O) groups excluding carboxylic acids is 1. The van der Waals surface area contributed by atoms with Crippen LogP contribution in [0.5, 0.6) is 0 Å². The van der Waals surface area contributed by atoms with E-state index in [1.54, 1.807) is 0 Å². The van der Waals surface area contributed by atoms with Crippen LogP contribution in [0.4, 0.5) is 10.1 Å². The summed E-state index contributed by atoms with van der Waals surface area (Å²) in [5.41, 5.74) is 6.00. The summed E-state index contributed by atoms with van der Waals surface area (Å²) in [5, 5.41) is 2.72. The monoisotopic (exact) mass is 244 g/mol. The molecule has 1 atom stereocenters. The number of halogens is 2. The third kappa shape index (κ3) is 3.47. The highest BCUT2D eigenvalue weighted by atomic mass is 35.5. The Kier molecular flexibility index (Phi) is 4.71. The summed E-state index contributed by atoms with van der Waals surface area (Å²) in [7, 11) is 0. The van der Waals surface area contributed by atoms with Crippen LogP contribution in [0.15, 0.2) is 18.2 Å². The molecule has 1 rings (SSSR count). The van der Waals surface area contributed by atoms with Crippen molar-refractivity contribution in [3.8, 4) is 0 Å². The number of rotatable bonds is 4. The summed E-state index contributed by atoms with van der Waals surface area (Å²) >= 11 is 5.76. The Morgan fingerprint density at radius 3 is 2.88 bits per heavy atom. The summed E-state index contributed by atoms with van der Waals surface area (Å²) in [4.78, 5) is 11.6. The number of carbonyl (C=O) groups is 1. The van der Waals surface area contributed by atoms with Crippen LogP contribution >= 0.6 is 11.6 Å². The number of nitrogens with two attached hydrogens (primary N) is 1. The van der Waals surface area contributed by atoms with Crippen LogP contribution in [0.2, 0.25) is 5.02 Å². The zero-order valence-electron chi connectivity index (χ0n) is 8.97. The predicted molar refractivity (Wildman–Crippen MR) is 62.9 cm³/mol. The molecule has 0 saturated carbocycles. The van der Waals surface area contributed by atoms with Gasteiger partial charge in [0.1, 0.15) is 5.82 Å². The van der Waals surface area contributed by atoms with Gasteiger partial charge in [-0.1, -0.05) is 24.9 Å². The molecule has 0 aliphatic heterocycles. The van der Waals surface area contributed by atoms with E-state index in [4.69, 9.17) is 17.3 Å². The summed E-state index contributed by atoms with van der Waals surface area (Å²) in [6, 6.07) is 3.22. The zero-order valence-corrected chi connectivity index (χ0v) is 9.72. The summed E-state index contributed by atoms with van der Waals surface area (Å²) in [6.45, 7) is 1.94. The molecule has 1 aromatic rings. The highest BCUT2D eigenvalue weighted by Gasteiger charge is 2.13. The SMILES string of the molecule is CCC[C@H](N)C(=O)Nc1ccc(F)cc1Cl. The minimum absolute atomic E-state index is 0.164. The van der Waals surface area contributed by atoms with Crippen LogP contribution in [0, 0.1) is 5.82 Å². The maximum atomic E-state index is 12.7. The van der Waals surface area contributed by atoms with Gasteiger partial charge in [-0.15, -0.1) is 0 Å². The van der Waals surface area contributed by atoms with E-state index >= 15 is 0 Å². The normalized spacial score (nSPS) is 12.2. The van der Waals surface area contributed by atoms with E-state index in [-0.39, 0.29) is 10.9 Å². The molecule has 0 aliphatic rings. The summed E-state index contributed by atoms with van der Waals surface area (Å²) in [5.74, 6) is -0.754. The van der Waals surface area contributed by atoms with Crippen molar-refractivity contribution in [2.45, 2.75) is 25.8 Å². The molecule has 0 bridgehead atoms. The summed E-state index contributed by atoms with van der Waals surface area (Å²) < 4.78 is 12.7. The van der Waals surface area contributed by atoms with E-state index in [9.17, 15) is 9.18 Å². The Labute approximate surface area is 98.8 Å². The maximum absolute atomic E-state index is 12.7. The van der Waals surface area contributed by atoms with Gasteiger partial charge in [0.25, 0.3) is 0 Å². The minimum atomic E-state index is -0.564. The standard InChI is InChI=1S/C11H14ClFN2O/c1-2-3-9(14)11(16)15-10-5-4-7(13)6-8(10)12/h4-6,9H,2-3,14H2,1H3,(H,15,16)/t9-/m0/s1. The second-order valence-corrected chi connectivity index (χ2v) is 3.92. The van der Waals surface area contributed by atoms with Gasteiger partial charge in [0.2, 0.25) is 5.91 Å². The Morgan fingerprint density at radius 2 is 2.31 bits per heavy atom. The molecule has 3 nitrogen and oxygen atoms in total. The van der Waals surface area contributed by atoms with Crippen molar-refractivity contribution in [3.63, 3.8) is 0 Å². The van der Waals surface area contributed by atoms with Crippen molar-refractivity contribution < 1.29 is 9.18 Å². The Bertz CT molecular complexity index is 384. The van der Waals surface area contributed by atoms with Gasteiger partial charge < -0.3 is 11.1 Å². The molecular formula is C11H14ClFN2O. The van der Waals surface area contributed by atoms with E-state index in [0.29, 0.717) is 12.1 Å². The molecule has 0 radical (unpaired) electrons. The molecule has 0 aromatic heterocycles. The van der Waals surface area contributed by atoms with Gasteiger partial charge in [0.05, 0.1) is 16.8 Å². The first-order chi connectivity index (χ1) is 7.54. The van der Waals surface area contributed by atoms with Crippen molar-refractivity contribution in [1.82, 2.24) is 0 Å². The molecule has 0 saturated heterocycles. The molecule has 0 aliphatic carbocycles. The van der Waals surface area contributed by atoms with E-state index < -0.39 is 11.9 Å². The molecule has 16 heavy (non-hydrogen) atoms. The predicted octanol–water partition coefficient (Wildman–Crippen LogP) is 2.55. The number of nitrogens with one attached hydrogen (secondary N) is 1. The Hall–Kier alpha value is -1.13. The van der Waals surface area contributed by atoms with E-state index in [0.717, 1.165) is 12.5 Å². The molecule has 1 aromatic carbocycles. The van der Waals surface area contributed by atoms with Crippen molar-refractivity contribution in [2.24, 2.45) is 5.73 Å². The second kappa shape index (κ2) is 5.82. The van der Waals surface area contributed by atoms with E-state index in [1.807, 2.05) is 6.92 Å². The molecule has 5 heteroatoms. The van der Waals surface area contributed by atoms with Gasteiger partial charge >= 0.3 is 0 Å². The first-order valence-corrected chi connectivity index (χ1v) is 5.44. The molecule has 0 heterocycles. The van der Waals surface area contributed by atoms with E-state index in [2.05, 4.69) is 5.32 Å². The largest absolute Gasteiger partial charge is 0.323 e. The first kappa shape index (κ1) is 12.9. The van der Waals surface area contributed by atoms with Crippen LogP contribution in [0.3, 0.4) is 0 Å². The van der Waals surface area contributed by atoms with Gasteiger partial charge in [-0.25, -0.2) is 4.39 Å². The quantitative estimate of drug-likeness (QED) is 0.855. The average Bonchev–Trinajstić information content (AvgIpc) is 2.22. The van der Waals surface area contributed by atoms with Crippen molar-refractivity contribution in [3.05, 3.63) is 29.0 Å². The number of hydrogen-bond acceptors (Lipinski definition) is 2. The van der Waals surface area contributed by atoms with Gasteiger partial charge in [0, 0.05) is 0 Å². The van der Waals surface area contributed by atoms with Gasteiger partial charge in [0.15, 0.2) is 0 Å². The third-order valence-electron chi connectivity index (χ3n) is 2.13. The fourth-order valence-electron chi connectivity index (χ4n) is 1.26. The summed E-state index contributed by atoms with van der Waals surface area (Å²) in [6.07, 6.45) is 1.43. The van der Waals surface area contributed by atoms with Crippen LogP contribution in [0.1, 0.15) is 19.8 Å². The number of benzene rings is 1. The van der Waals surface area contributed by atoms with Crippen LogP contribution in [-0.2, 0) is 4.79 Å². The fourth-order valence-corrected chi connectivity index (χ4v) is 1.47. The molecule has 88 valence electrons. The molecule has 1 amide bonds. The molecule has 0 unspecified atom stereocenters. The Morgan fingerprint density at radius 1 is 1.62 bits per heavy atom. The number of hydrogen-bond donors (Lipinski definition) is 2. The average molecular weight is 245 g/mol. The number of amides is 1. The topological polar surface area (TPSA) is 55.1 Å². The first-order valence-electron chi connectivity index (χ1n) is 5.06. The lowest BCUT2D eigenvalue weighted by Crippen LogP contribution is -2.35. The van der Waals surface area contributed by atoms with Crippen molar-refractivity contribution in [1.29, 1.82) is 0 Å². The molecular weight excluding hydrogens is 231 g/mol. The maximum Gasteiger partial charge on any atom is 0.241 e. The molecule has 0 spiro atoms. The smallest absolute Gasteiger partial charge is 0.241 e. The van der Waals surface area contributed by atoms with Gasteiger partial charge in [-0.05, 0) is 24.6 Å². The lowest BCUT2D eigenvalue weighted by molar-refractivity contribution is -0.117. The van der Waals surface area contributed by atoms with Crippen LogP contribution in [0.25, 0.3) is 0 Å². The van der Waals surface area contributed by atoms with Gasteiger partial charge in [-0.3, -0.25) is 4.79 Å². The second-order valence-electron chi connectivity index (χ2n) is 3.51. The molecule has 0 fully saturated rings. The van der Waals surface area contributed by atoms with Crippen molar-refractivity contribution in [2.75, 3.05) is 5.32 Å². The van der Waals surface area contributed by atoms with Crippen molar-refractivity contribution >= 4 is 23.2 Å². The Balaban J connectivity index is 2.69. The van der Waals surface area contributed by atoms with Crippen LogP contribution < -0.4 is 11.1 Å². The lowest BCUT2D eigenvalue weighted by Gasteiger charge is -2.12.